The Morgan fingerprint density at radius 3 is 2.44 bits per heavy atom. The number of ether oxygens (including phenoxy) is 2. The third-order valence-corrected chi connectivity index (χ3v) is 6.98. The van der Waals surface area contributed by atoms with E-state index in [2.05, 4.69) is 15.3 Å². The molecule has 1 aliphatic rings. The number of aromatic nitrogens is 2. The Morgan fingerprint density at radius 2 is 1.88 bits per heavy atom. The number of sulfonamides is 1. The van der Waals surface area contributed by atoms with E-state index >= 15 is 0 Å². The van der Waals surface area contributed by atoms with Crippen molar-refractivity contribution in [2.24, 2.45) is 0 Å². The van der Waals surface area contributed by atoms with Crippen LogP contribution in [-0.4, -0.2) is 73.7 Å². The highest BCUT2D eigenvalue weighted by Crippen LogP contribution is 2.35. The second-order valence-corrected chi connectivity index (χ2v) is 9.73. The van der Waals surface area contributed by atoms with Gasteiger partial charge in [0.2, 0.25) is 21.7 Å². The molecular weight excluding hydrogens is 468 g/mol. The SMILES string of the molecule is CCOC(=O)OC1CCN(c2ncnc(Nc3ccc(S(=O)(=O)N(C)C)cc3)c2[N+](=O)[O-])CC1. The molecule has 3 rings (SSSR count). The van der Waals surface area contributed by atoms with Crippen LogP contribution >= 0.6 is 0 Å². The molecule has 14 heteroatoms. The summed E-state index contributed by atoms with van der Waals surface area (Å²) in [4.78, 5) is 32.8. The minimum atomic E-state index is -3.60. The van der Waals surface area contributed by atoms with Crippen molar-refractivity contribution >= 4 is 39.2 Å². The molecule has 0 spiro atoms. The van der Waals surface area contributed by atoms with Crippen LogP contribution in [-0.2, 0) is 19.5 Å². The summed E-state index contributed by atoms with van der Waals surface area (Å²) in [5.74, 6) is 0.118. The molecule has 2 heterocycles. The molecule has 1 aliphatic heterocycles. The molecule has 0 atom stereocenters. The zero-order valence-electron chi connectivity index (χ0n) is 19.0. The molecule has 0 radical (unpaired) electrons. The average molecular weight is 495 g/mol. The van der Waals surface area contributed by atoms with Gasteiger partial charge in [0.05, 0.1) is 16.4 Å². The van der Waals surface area contributed by atoms with Gasteiger partial charge in [-0.3, -0.25) is 10.1 Å². The van der Waals surface area contributed by atoms with E-state index in [0.29, 0.717) is 31.6 Å². The van der Waals surface area contributed by atoms with E-state index in [1.807, 2.05) is 0 Å². The van der Waals surface area contributed by atoms with Crippen LogP contribution in [0.1, 0.15) is 19.8 Å². The third kappa shape index (κ3) is 5.69. The number of hydrogen-bond donors (Lipinski definition) is 1. The Morgan fingerprint density at radius 1 is 1.24 bits per heavy atom. The van der Waals surface area contributed by atoms with Crippen LogP contribution < -0.4 is 10.2 Å². The van der Waals surface area contributed by atoms with Gasteiger partial charge in [-0.25, -0.2) is 27.5 Å². The fourth-order valence-corrected chi connectivity index (χ4v) is 4.29. The number of carbonyl (C=O) groups is 1. The lowest BCUT2D eigenvalue weighted by Crippen LogP contribution is -2.38. The zero-order valence-corrected chi connectivity index (χ0v) is 19.8. The number of anilines is 3. The van der Waals surface area contributed by atoms with Crippen molar-refractivity contribution in [1.29, 1.82) is 0 Å². The summed E-state index contributed by atoms with van der Waals surface area (Å²) in [5.41, 5.74) is 0.115. The van der Waals surface area contributed by atoms with Crippen LogP contribution in [0.15, 0.2) is 35.5 Å². The summed E-state index contributed by atoms with van der Waals surface area (Å²) < 4.78 is 35.6. The van der Waals surface area contributed by atoms with Crippen molar-refractivity contribution in [3.05, 3.63) is 40.7 Å². The standard InChI is InChI=1S/C20H26N6O7S/c1-4-32-20(27)33-15-9-11-25(12-10-15)19-17(26(28)29)18(21-13-22-19)23-14-5-7-16(8-6-14)34(30,31)24(2)3/h5-8,13,15H,4,9-12H2,1-3H3,(H,21,22,23). The minimum absolute atomic E-state index is 0.0249. The van der Waals surface area contributed by atoms with Crippen molar-refractivity contribution in [2.75, 3.05) is 44.0 Å². The van der Waals surface area contributed by atoms with E-state index in [0.717, 1.165) is 4.31 Å². The Hall–Kier alpha value is -3.52. The monoisotopic (exact) mass is 494 g/mol. The number of piperidine rings is 1. The van der Waals surface area contributed by atoms with Gasteiger partial charge < -0.3 is 19.7 Å². The normalized spacial score (nSPS) is 14.6. The van der Waals surface area contributed by atoms with E-state index in [1.54, 1.807) is 11.8 Å². The van der Waals surface area contributed by atoms with Crippen LogP contribution in [0.3, 0.4) is 0 Å². The Balaban J connectivity index is 1.77. The van der Waals surface area contributed by atoms with E-state index in [9.17, 15) is 23.3 Å². The maximum Gasteiger partial charge on any atom is 0.508 e. The highest BCUT2D eigenvalue weighted by molar-refractivity contribution is 7.89. The first-order valence-electron chi connectivity index (χ1n) is 10.5. The van der Waals surface area contributed by atoms with Gasteiger partial charge in [-0.15, -0.1) is 0 Å². The van der Waals surface area contributed by atoms with Gasteiger partial charge in [0.1, 0.15) is 12.4 Å². The quantitative estimate of drug-likeness (QED) is 0.326. The van der Waals surface area contributed by atoms with Gasteiger partial charge in [-0.05, 0) is 31.2 Å². The highest BCUT2D eigenvalue weighted by Gasteiger charge is 2.31. The van der Waals surface area contributed by atoms with Crippen LogP contribution in [0.25, 0.3) is 0 Å². The topological polar surface area (TPSA) is 157 Å². The second-order valence-electron chi connectivity index (χ2n) is 7.58. The largest absolute Gasteiger partial charge is 0.508 e. The first kappa shape index (κ1) is 25.1. The fourth-order valence-electron chi connectivity index (χ4n) is 3.39. The van der Waals surface area contributed by atoms with Crippen LogP contribution in [0.5, 0.6) is 0 Å². The van der Waals surface area contributed by atoms with Crippen molar-refractivity contribution in [3.8, 4) is 0 Å². The summed E-state index contributed by atoms with van der Waals surface area (Å²) in [7, 11) is -0.740. The molecular formula is C20H26N6O7S. The summed E-state index contributed by atoms with van der Waals surface area (Å²) in [5, 5.41) is 14.8. The fraction of sp³-hybridized carbons (Fsp3) is 0.450. The molecule has 13 nitrogen and oxygen atoms in total. The molecule has 34 heavy (non-hydrogen) atoms. The number of rotatable bonds is 8. The lowest BCUT2D eigenvalue weighted by atomic mass is 10.1. The number of nitrogens with zero attached hydrogens (tertiary/aromatic N) is 5. The van der Waals surface area contributed by atoms with Crippen LogP contribution in [0, 0.1) is 10.1 Å². The van der Waals surface area contributed by atoms with Crippen molar-refractivity contribution in [3.63, 3.8) is 0 Å². The van der Waals surface area contributed by atoms with E-state index in [1.165, 1.54) is 44.7 Å². The Kier molecular flexibility index (Phi) is 7.83. The average Bonchev–Trinajstić information content (AvgIpc) is 2.79. The summed E-state index contributed by atoms with van der Waals surface area (Å²) >= 11 is 0. The van der Waals surface area contributed by atoms with E-state index < -0.39 is 21.1 Å². The number of nitro groups is 1. The minimum Gasteiger partial charge on any atom is -0.435 e. The molecule has 0 bridgehead atoms. The lowest BCUT2D eigenvalue weighted by Gasteiger charge is -2.31. The Bertz CT molecular complexity index is 1130. The third-order valence-electron chi connectivity index (χ3n) is 5.15. The first-order chi connectivity index (χ1) is 16.1. The van der Waals surface area contributed by atoms with Gasteiger partial charge in [0.15, 0.2) is 0 Å². The maximum absolute atomic E-state index is 12.2. The zero-order chi connectivity index (χ0) is 24.9. The molecule has 1 N–H and O–H groups in total. The molecule has 184 valence electrons. The summed E-state index contributed by atoms with van der Waals surface area (Å²) in [6.45, 7) is 2.68. The maximum atomic E-state index is 12.2. The number of nitrogens with one attached hydrogen (secondary N) is 1. The molecule has 1 fully saturated rings. The lowest BCUT2D eigenvalue weighted by molar-refractivity contribution is -0.383. The molecule has 0 saturated carbocycles. The van der Waals surface area contributed by atoms with E-state index in [-0.39, 0.29) is 34.9 Å². The van der Waals surface area contributed by atoms with Gasteiger partial charge in [0.25, 0.3) is 0 Å². The molecule has 1 aromatic carbocycles. The molecule has 0 amide bonds. The Labute approximate surface area is 196 Å². The number of hydrogen-bond acceptors (Lipinski definition) is 11. The molecule has 1 saturated heterocycles. The van der Waals surface area contributed by atoms with Crippen molar-refractivity contribution in [1.82, 2.24) is 14.3 Å². The van der Waals surface area contributed by atoms with Crippen LogP contribution in [0.4, 0.5) is 27.8 Å². The number of carbonyl (C=O) groups excluding carboxylic acids is 1. The van der Waals surface area contributed by atoms with Gasteiger partial charge in [-0.1, -0.05) is 0 Å². The van der Waals surface area contributed by atoms with Gasteiger partial charge >= 0.3 is 11.8 Å². The first-order valence-corrected chi connectivity index (χ1v) is 11.9. The van der Waals surface area contributed by atoms with Crippen molar-refractivity contribution < 1.29 is 27.6 Å². The molecule has 0 aliphatic carbocycles. The molecule has 0 unspecified atom stereocenters. The van der Waals surface area contributed by atoms with Gasteiger partial charge in [0, 0.05) is 45.7 Å². The molecule has 2 aromatic rings. The highest BCUT2D eigenvalue weighted by atomic mass is 32.2. The van der Waals surface area contributed by atoms with Crippen molar-refractivity contribution in [2.45, 2.75) is 30.8 Å². The number of benzene rings is 1. The summed E-state index contributed by atoms with van der Waals surface area (Å²) in [6, 6.07) is 5.81. The van der Waals surface area contributed by atoms with E-state index in [4.69, 9.17) is 9.47 Å². The predicted octanol–water partition coefficient (Wildman–Crippen LogP) is 2.52. The predicted molar refractivity (Wildman–Crippen MR) is 123 cm³/mol. The van der Waals surface area contributed by atoms with Crippen LogP contribution in [0.2, 0.25) is 0 Å². The van der Waals surface area contributed by atoms with Gasteiger partial charge in [-0.2, -0.15) is 0 Å². The molecule has 1 aromatic heterocycles. The smallest absolute Gasteiger partial charge is 0.435 e. The second kappa shape index (κ2) is 10.6. The summed E-state index contributed by atoms with van der Waals surface area (Å²) in [6.07, 6.45) is 1.07.